The lowest BCUT2D eigenvalue weighted by Crippen LogP contribution is -2.37. The van der Waals surface area contributed by atoms with E-state index in [1.54, 1.807) is 0 Å². The number of rotatable bonds is 3. The van der Waals surface area contributed by atoms with Crippen molar-refractivity contribution < 1.29 is 9.53 Å². The largest absolute Gasteiger partial charge is 0.453 e. The van der Waals surface area contributed by atoms with Crippen LogP contribution in [0.4, 0.5) is 4.79 Å². The van der Waals surface area contributed by atoms with E-state index in [0.29, 0.717) is 6.54 Å². The van der Waals surface area contributed by atoms with E-state index in [0.717, 1.165) is 0 Å². The molecule has 0 saturated heterocycles. The number of ether oxygens (including phenoxy) is 1. The lowest BCUT2D eigenvalue weighted by Gasteiger charge is -2.27. The van der Waals surface area contributed by atoms with Crippen LogP contribution in [0.5, 0.6) is 0 Å². The highest BCUT2D eigenvalue weighted by atomic mass is 16.5. The van der Waals surface area contributed by atoms with E-state index in [9.17, 15) is 4.79 Å². The van der Waals surface area contributed by atoms with Gasteiger partial charge in [-0.05, 0) is 18.1 Å². The number of hydrogen-bond acceptors (Lipinski definition) is 2. The molecule has 0 aliphatic heterocycles. The molecule has 0 bridgehead atoms. The molecule has 1 N–H and O–H groups in total. The Hall–Kier alpha value is -1.51. The molecule has 0 radical (unpaired) electrons. The zero-order valence-corrected chi connectivity index (χ0v) is 10.3. The van der Waals surface area contributed by atoms with Gasteiger partial charge in [0.15, 0.2) is 0 Å². The van der Waals surface area contributed by atoms with Gasteiger partial charge in [0, 0.05) is 12.0 Å². The molecule has 0 unspecified atom stereocenters. The Bertz CT molecular complexity index is 372. The van der Waals surface area contributed by atoms with Crippen LogP contribution >= 0.6 is 0 Å². The van der Waals surface area contributed by atoms with E-state index in [2.05, 4.69) is 43.0 Å². The van der Waals surface area contributed by atoms with Gasteiger partial charge in [-0.25, -0.2) is 4.79 Å². The number of nitrogens with one attached hydrogen (secondary N) is 1. The van der Waals surface area contributed by atoms with Gasteiger partial charge < -0.3 is 10.1 Å². The van der Waals surface area contributed by atoms with Gasteiger partial charge in [0.05, 0.1) is 7.11 Å². The van der Waals surface area contributed by atoms with E-state index in [1.165, 1.54) is 18.2 Å². The van der Waals surface area contributed by atoms with Crippen molar-refractivity contribution in [1.29, 1.82) is 0 Å². The van der Waals surface area contributed by atoms with Gasteiger partial charge in [0.1, 0.15) is 0 Å². The lowest BCUT2D eigenvalue weighted by molar-refractivity contribution is 0.168. The first-order chi connectivity index (χ1) is 7.47. The van der Waals surface area contributed by atoms with Crippen molar-refractivity contribution in [3.05, 3.63) is 35.4 Å². The minimum Gasteiger partial charge on any atom is -0.453 e. The topological polar surface area (TPSA) is 38.3 Å². The molecule has 0 atom stereocenters. The first-order valence-electron chi connectivity index (χ1n) is 5.35. The van der Waals surface area contributed by atoms with Gasteiger partial charge in [-0.3, -0.25) is 0 Å². The quantitative estimate of drug-likeness (QED) is 0.852. The SMILES string of the molecule is COC(=O)NCC(C)(C)c1ccccc1C. The van der Waals surface area contributed by atoms with Crippen molar-refractivity contribution in [3.63, 3.8) is 0 Å². The average Bonchev–Trinajstić information content (AvgIpc) is 2.26. The summed E-state index contributed by atoms with van der Waals surface area (Å²) in [5, 5.41) is 2.74. The van der Waals surface area contributed by atoms with Crippen LogP contribution in [-0.2, 0) is 10.2 Å². The predicted molar refractivity (Wildman–Crippen MR) is 64.6 cm³/mol. The van der Waals surface area contributed by atoms with Crippen LogP contribution in [0.3, 0.4) is 0 Å². The Kier molecular flexibility index (Phi) is 3.93. The van der Waals surface area contributed by atoms with Crippen LogP contribution in [0.15, 0.2) is 24.3 Å². The summed E-state index contributed by atoms with van der Waals surface area (Å²) in [6, 6.07) is 8.20. The van der Waals surface area contributed by atoms with E-state index in [1.807, 2.05) is 12.1 Å². The zero-order valence-electron chi connectivity index (χ0n) is 10.3. The molecule has 1 aromatic rings. The second-order valence-corrected chi connectivity index (χ2v) is 4.54. The summed E-state index contributed by atoms with van der Waals surface area (Å²) in [6.07, 6.45) is -0.387. The van der Waals surface area contributed by atoms with Gasteiger partial charge in [-0.15, -0.1) is 0 Å². The Morgan fingerprint density at radius 3 is 2.56 bits per heavy atom. The summed E-state index contributed by atoms with van der Waals surface area (Å²) in [5.74, 6) is 0. The monoisotopic (exact) mass is 221 g/mol. The summed E-state index contributed by atoms with van der Waals surface area (Å²) < 4.78 is 4.56. The number of hydrogen-bond donors (Lipinski definition) is 1. The third kappa shape index (κ3) is 2.99. The zero-order chi connectivity index (χ0) is 12.2. The molecular weight excluding hydrogens is 202 g/mol. The number of aryl methyl sites for hydroxylation is 1. The number of methoxy groups -OCH3 is 1. The molecule has 16 heavy (non-hydrogen) atoms. The first kappa shape index (κ1) is 12.6. The van der Waals surface area contributed by atoms with E-state index >= 15 is 0 Å². The highest BCUT2D eigenvalue weighted by molar-refractivity contribution is 5.67. The van der Waals surface area contributed by atoms with Crippen molar-refractivity contribution in [2.75, 3.05) is 13.7 Å². The molecule has 1 aromatic carbocycles. The number of alkyl carbamates (subject to hydrolysis) is 1. The molecular formula is C13H19NO2. The second kappa shape index (κ2) is 5.01. The molecule has 0 saturated carbocycles. The van der Waals surface area contributed by atoms with Crippen LogP contribution in [0.25, 0.3) is 0 Å². The maximum Gasteiger partial charge on any atom is 0.406 e. The fraction of sp³-hybridized carbons (Fsp3) is 0.462. The molecule has 88 valence electrons. The van der Waals surface area contributed by atoms with Crippen LogP contribution in [-0.4, -0.2) is 19.7 Å². The minimum atomic E-state index is -0.387. The highest BCUT2D eigenvalue weighted by Gasteiger charge is 2.22. The molecule has 1 amide bonds. The molecule has 1 rings (SSSR count). The van der Waals surface area contributed by atoms with Crippen LogP contribution in [0, 0.1) is 6.92 Å². The molecule has 0 spiro atoms. The first-order valence-corrected chi connectivity index (χ1v) is 5.35. The van der Waals surface area contributed by atoms with Crippen LogP contribution < -0.4 is 5.32 Å². The Labute approximate surface area is 96.8 Å². The highest BCUT2D eigenvalue weighted by Crippen LogP contribution is 2.25. The van der Waals surface area contributed by atoms with Crippen molar-refractivity contribution in [3.8, 4) is 0 Å². The van der Waals surface area contributed by atoms with E-state index in [-0.39, 0.29) is 11.5 Å². The van der Waals surface area contributed by atoms with Gasteiger partial charge >= 0.3 is 6.09 Å². The van der Waals surface area contributed by atoms with Crippen LogP contribution in [0.1, 0.15) is 25.0 Å². The number of amides is 1. The van der Waals surface area contributed by atoms with Crippen LogP contribution in [0.2, 0.25) is 0 Å². The molecule has 0 aliphatic carbocycles. The molecule has 0 heterocycles. The smallest absolute Gasteiger partial charge is 0.406 e. The van der Waals surface area contributed by atoms with Crippen molar-refractivity contribution in [2.24, 2.45) is 0 Å². The van der Waals surface area contributed by atoms with Crippen molar-refractivity contribution in [2.45, 2.75) is 26.2 Å². The number of carbonyl (C=O) groups excluding carboxylic acids is 1. The standard InChI is InChI=1S/C13H19NO2/c1-10-7-5-6-8-11(10)13(2,3)9-14-12(15)16-4/h5-8H,9H2,1-4H3,(H,14,15). The third-order valence-electron chi connectivity index (χ3n) is 2.73. The molecule has 3 heteroatoms. The molecule has 0 aliphatic rings. The Morgan fingerprint density at radius 1 is 1.38 bits per heavy atom. The molecule has 3 nitrogen and oxygen atoms in total. The summed E-state index contributed by atoms with van der Waals surface area (Å²) in [4.78, 5) is 11.0. The second-order valence-electron chi connectivity index (χ2n) is 4.54. The Balaban J connectivity index is 2.77. The van der Waals surface area contributed by atoms with Gasteiger partial charge in [-0.1, -0.05) is 38.1 Å². The van der Waals surface area contributed by atoms with Crippen molar-refractivity contribution >= 4 is 6.09 Å². The molecule has 0 aromatic heterocycles. The summed E-state index contributed by atoms with van der Waals surface area (Å²) >= 11 is 0. The van der Waals surface area contributed by atoms with Gasteiger partial charge in [0.25, 0.3) is 0 Å². The minimum absolute atomic E-state index is 0.0977. The van der Waals surface area contributed by atoms with Gasteiger partial charge in [0.2, 0.25) is 0 Å². The normalized spacial score (nSPS) is 11.0. The Morgan fingerprint density at radius 2 is 2.00 bits per heavy atom. The summed E-state index contributed by atoms with van der Waals surface area (Å²) in [5.41, 5.74) is 2.38. The third-order valence-corrected chi connectivity index (χ3v) is 2.73. The fourth-order valence-electron chi connectivity index (χ4n) is 1.79. The van der Waals surface area contributed by atoms with Gasteiger partial charge in [-0.2, -0.15) is 0 Å². The predicted octanol–water partition coefficient (Wildman–Crippen LogP) is 2.63. The lowest BCUT2D eigenvalue weighted by atomic mass is 9.82. The fourth-order valence-corrected chi connectivity index (χ4v) is 1.79. The van der Waals surface area contributed by atoms with Crippen molar-refractivity contribution in [1.82, 2.24) is 5.32 Å². The summed E-state index contributed by atoms with van der Waals surface area (Å²) in [7, 11) is 1.37. The maximum atomic E-state index is 11.0. The summed E-state index contributed by atoms with van der Waals surface area (Å²) in [6.45, 7) is 6.84. The maximum absolute atomic E-state index is 11.0. The van der Waals surface area contributed by atoms with E-state index < -0.39 is 0 Å². The average molecular weight is 221 g/mol. The number of carbonyl (C=O) groups is 1. The van der Waals surface area contributed by atoms with E-state index in [4.69, 9.17) is 0 Å². The molecule has 0 fully saturated rings. The number of benzene rings is 1.